The van der Waals surface area contributed by atoms with Crippen LogP contribution >= 0.6 is 0 Å². The number of aromatic nitrogens is 3. The van der Waals surface area contributed by atoms with Crippen molar-refractivity contribution in [3.63, 3.8) is 0 Å². The van der Waals surface area contributed by atoms with Gasteiger partial charge in [0.1, 0.15) is 17.4 Å². The standard InChI is InChI=1S/C23H32N6O4S/c1-15-22(16(2)33-27-15)34(30,31)28(3)12-7-8-13-29-19(11-14-32-4)26-20-21(29)17-9-5-6-10-18(17)25-23(20)24/h5-6,9-10,16,22H,7-8,11-14H2,1-4H3,(H2,24,25). The zero-order valence-electron chi connectivity index (χ0n) is 20.1. The maximum atomic E-state index is 13.0. The lowest BCUT2D eigenvalue weighted by atomic mass is 10.2. The summed E-state index contributed by atoms with van der Waals surface area (Å²) in [4.78, 5) is 14.5. The Bertz CT molecular complexity index is 1320. The molecule has 2 atom stereocenters. The highest BCUT2D eigenvalue weighted by molar-refractivity contribution is 7.90. The molecule has 11 heteroatoms. The molecule has 0 saturated carbocycles. The molecule has 4 rings (SSSR count). The van der Waals surface area contributed by atoms with Crippen LogP contribution in [0.25, 0.3) is 21.9 Å². The third-order valence-corrected chi connectivity index (χ3v) is 8.70. The first-order valence-electron chi connectivity index (χ1n) is 11.4. The molecule has 10 nitrogen and oxygen atoms in total. The highest BCUT2D eigenvalue weighted by atomic mass is 32.2. The Morgan fingerprint density at radius 3 is 2.71 bits per heavy atom. The fourth-order valence-electron chi connectivity index (χ4n) is 4.53. The first-order chi connectivity index (χ1) is 16.3. The number of anilines is 1. The quantitative estimate of drug-likeness (QED) is 0.435. The second-order valence-electron chi connectivity index (χ2n) is 8.67. The number of pyridine rings is 1. The molecule has 34 heavy (non-hydrogen) atoms. The van der Waals surface area contributed by atoms with E-state index >= 15 is 0 Å². The molecule has 0 radical (unpaired) electrons. The lowest BCUT2D eigenvalue weighted by Gasteiger charge is -2.23. The molecular formula is C23H32N6O4S. The lowest BCUT2D eigenvalue weighted by molar-refractivity contribution is 0.1000. The summed E-state index contributed by atoms with van der Waals surface area (Å²) < 4.78 is 34.9. The Labute approximate surface area is 199 Å². The second-order valence-corrected chi connectivity index (χ2v) is 10.8. The van der Waals surface area contributed by atoms with E-state index < -0.39 is 21.4 Å². The number of unbranched alkanes of at least 4 members (excludes halogenated alkanes) is 1. The van der Waals surface area contributed by atoms with Crippen LogP contribution in [0.4, 0.5) is 5.82 Å². The number of rotatable bonds is 10. The summed E-state index contributed by atoms with van der Waals surface area (Å²) in [6, 6.07) is 7.88. The van der Waals surface area contributed by atoms with Crippen LogP contribution in [0.5, 0.6) is 0 Å². The number of sulfonamides is 1. The van der Waals surface area contributed by atoms with Gasteiger partial charge in [0, 0.05) is 39.1 Å². The Morgan fingerprint density at radius 2 is 2.00 bits per heavy atom. The number of aryl methyl sites for hydroxylation is 1. The van der Waals surface area contributed by atoms with Gasteiger partial charge in [-0.05, 0) is 32.8 Å². The summed E-state index contributed by atoms with van der Waals surface area (Å²) in [6.45, 7) is 5.05. The molecule has 3 aromatic rings. The third kappa shape index (κ3) is 4.47. The van der Waals surface area contributed by atoms with Gasteiger partial charge in [-0.25, -0.2) is 22.7 Å². The van der Waals surface area contributed by atoms with Crippen molar-refractivity contribution >= 4 is 43.5 Å². The van der Waals surface area contributed by atoms with E-state index in [2.05, 4.69) is 14.7 Å². The van der Waals surface area contributed by atoms with E-state index in [1.54, 1.807) is 28.0 Å². The molecule has 2 N–H and O–H groups in total. The zero-order chi connectivity index (χ0) is 24.5. The average Bonchev–Trinajstić information content (AvgIpc) is 3.35. The first-order valence-corrected chi connectivity index (χ1v) is 12.9. The predicted molar refractivity (Wildman–Crippen MR) is 133 cm³/mol. The van der Waals surface area contributed by atoms with Gasteiger partial charge in [-0.3, -0.25) is 0 Å². The molecule has 0 saturated heterocycles. The van der Waals surface area contributed by atoms with E-state index in [1.165, 1.54) is 4.31 Å². The van der Waals surface area contributed by atoms with E-state index in [4.69, 9.17) is 20.3 Å². The minimum atomic E-state index is -3.54. The average molecular weight is 489 g/mol. The Morgan fingerprint density at radius 1 is 1.24 bits per heavy atom. The topological polar surface area (TPSA) is 125 Å². The van der Waals surface area contributed by atoms with Crippen molar-refractivity contribution in [2.75, 3.05) is 33.0 Å². The molecular weight excluding hydrogens is 456 g/mol. The summed E-state index contributed by atoms with van der Waals surface area (Å²) in [5.41, 5.74) is 9.21. The van der Waals surface area contributed by atoms with Gasteiger partial charge >= 0.3 is 0 Å². The van der Waals surface area contributed by atoms with Gasteiger partial charge in [0.2, 0.25) is 10.0 Å². The van der Waals surface area contributed by atoms with E-state index in [9.17, 15) is 8.42 Å². The van der Waals surface area contributed by atoms with Crippen LogP contribution in [-0.2, 0) is 32.6 Å². The number of fused-ring (bicyclic) bond motifs is 3. The van der Waals surface area contributed by atoms with Gasteiger partial charge in [0.15, 0.2) is 11.1 Å². The van der Waals surface area contributed by atoms with Crippen molar-refractivity contribution in [2.24, 2.45) is 5.16 Å². The fraction of sp³-hybridized carbons (Fsp3) is 0.522. The van der Waals surface area contributed by atoms with Crippen molar-refractivity contribution in [3.05, 3.63) is 30.1 Å². The summed E-state index contributed by atoms with van der Waals surface area (Å²) >= 11 is 0. The summed E-state index contributed by atoms with van der Waals surface area (Å²) in [5, 5.41) is 4.10. The molecule has 0 amide bonds. The molecule has 1 aliphatic rings. The number of ether oxygens (including phenoxy) is 1. The van der Waals surface area contributed by atoms with Crippen molar-refractivity contribution < 1.29 is 18.0 Å². The van der Waals surface area contributed by atoms with E-state index in [-0.39, 0.29) is 0 Å². The van der Waals surface area contributed by atoms with Crippen LogP contribution in [0.15, 0.2) is 29.4 Å². The number of oxime groups is 1. The molecule has 0 fully saturated rings. The van der Waals surface area contributed by atoms with Crippen LogP contribution < -0.4 is 5.73 Å². The number of benzene rings is 1. The number of hydrogen-bond acceptors (Lipinski definition) is 8. The molecule has 2 aromatic heterocycles. The Hall–Kier alpha value is -2.76. The highest BCUT2D eigenvalue weighted by Crippen LogP contribution is 2.29. The normalized spacial score (nSPS) is 18.7. The zero-order valence-corrected chi connectivity index (χ0v) is 20.9. The summed E-state index contributed by atoms with van der Waals surface area (Å²) in [7, 11) is -0.264. The maximum absolute atomic E-state index is 13.0. The van der Waals surface area contributed by atoms with Crippen LogP contribution in [0.2, 0.25) is 0 Å². The van der Waals surface area contributed by atoms with E-state index in [1.807, 2.05) is 24.3 Å². The van der Waals surface area contributed by atoms with Gasteiger partial charge in [-0.15, -0.1) is 0 Å². The van der Waals surface area contributed by atoms with Gasteiger partial charge < -0.3 is 19.9 Å². The van der Waals surface area contributed by atoms with Crippen LogP contribution in [0, 0.1) is 0 Å². The molecule has 0 spiro atoms. The van der Waals surface area contributed by atoms with Gasteiger partial charge in [0.05, 0.1) is 23.4 Å². The van der Waals surface area contributed by atoms with E-state index in [0.29, 0.717) is 49.6 Å². The number of imidazole rings is 1. The monoisotopic (exact) mass is 488 g/mol. The minimum Gasteiger partial charge on any atom is -0.391 e. The molecule has 0 aliphatic carbocycles. The summed E-state index contributed by atoms with van der Waals surface area (Å²) in [5.74, 6) is 1.29. The number of hydrogen-bond donors (Lipinski definition) is 1. The second kappa shape index (κ2) is 9.85. The van der Waals surface area contributed by atoms with Crippen molar-refractivity contribution in [1.29, 1.82) is 0 Å². The van der Waals surface area contributed by atoms with Crippen molar-refractivity contribution in [2.45, 2.75) is 51.0 Å². The van der Waals surface area contributed by atoms with Gasteiger partial charge in [-0.2, -0.15) is 0 Å². The fourth-order valence-corrected chi connectivity index (χ4v) is 6.31. The number of nitrogens with two attached hydrogens (primary N) is 1. The van der Waals surface area contributed by atoms with Gasteiger partial charge in [-0.1, -0.05) is 23.4 Å². The first kappa shape index (κ1) is 24.4. The smallest absolute Gasteiger partial charge is 0.226 e. The molecule has 1 aromatic carbocycles. The highest BCUT2D eigenvalue weighted by Gasteiger charge is 2.41. The predicted octanol–water partition coefficient (Wildman–Crippen LogP) is 2.56. The van der Waals surface area contributed by atoms with Crippen LogP contribution in [0.1, 0.15) is 32.5 Å². The SMILES string of the molecule is COCCc1nc2c(N)nc3ccccc3c2n1CCCCN(C)S(=O)(=O)C1C(C)=NOC1C. The molecule has 0 bridgehead atoms. The van der Waals surface area contributed by atoms with Crippen LogP contribution in [0.3, 0.4) is 0 Å². The molecule has 184 valence electrons. The number of para-hydroxylation sites is 1. The molecule has 3 heterocycles. The molecule has 1 aliphatic heterocycles. The van der Waals surface area contributed by atoms with Crippen molar-refractivity contribution in [3.8, 4) is 0 Å². The molecule has 2 unspecified atom stereocenters. The van der Waals surface area contributed by atoms with Crippen molar-refractivity contribution in [1.82, 2.24) is 18.8 Å². The summed E-state index contributed by atoms with van der Waals surface area (Å²) in [6.07, 6.45) is 1.62. The van der Waals surface area contributed by atoms with Gasteiger partial charge in [0.25, 0.3) is 0 Å². The number of nitrogens with zero attached hydrogens (tertiary/aromatic N) is 5. The van der Waals surface area contributed by atoms with Crippen LogP contribution in [-0.4, -0.2) is 71.6 Å². The third-order valence-electron chi connectivity index (χ3n) is 6.28. The minimum absolute atomic E-state index is 0.405. The number of nitrogen functional groups attached to an aromatic ring is 1. The number of methoxy groups -OCH3 is 1. The maximum Gasteiger partial charge on any atom is 0.226 e. The lowest BCUT2D eigenvalue weighted by Crippen LogP contribution is -2.43. The Balaban J connectivity index is 1.53. The van der Waals surface area contributed by atoms with E-state index in [0.717, 1.165) is 28.7 Å². The Kier molecular flexibility index (Phi) is 7.06. The largest absolute Gasteiger partial charge is 0.391 e.